The molecule has 0 atom stereocenters. The lowest BCUT2D eigenvalue weighted by atomic mass is 10.5. The molecule has 0 aliphatic rings. The summed E-state index contributed by atoms with van der Waals surface area (Å²) < 4.78 is 0.774. The van der Waals surface area contributed by atoms with Crippen molar-refractivity contribution < 1.29 is 4.84 Å². The molecule has 0 aliphatic carbocycles. The van der Waals surface area contributed by atoms with Crippen LogP contribution in [0.15, 0.2) is 34.8 Å². The zero-order valence-electron chi connectivity index (χ0n) is 7.72. The number of thiophene rings is 2. The summed E-state index contributed by atoms with van der Waals surface area (Å²) in [6.07, 6.45) is 1.71. The van der Waals surface area contributed by atoms with Gasteiger partial charge in [0.15, 0.2) is 6.61 Å². The van der Waals surface area contributed by atoms with Gasteiger partial charge in [0, 0.05) is 9.75 Å². The number of hydrogen-bond acceptors (Lipinski definition) is 4. The molecule has 2 aromatic heterocycles. The Balaban J connectivity index is 1.80. The molecule has 5 heteroatoms. The molecule has 0 amide bonds. The summed E-state index contributed by atoms with van der Waals surface area (Å²) in [6.45, 7) is 0.471. The minimum absolute atomic E-state index is 0.471. The average molecular weight is 258 g/mol. The van der Waals surface area contributed by atoms with Crippen LogP contribution in [0.3, 0.4) is 0 Å². The largest absolute Gasteiger partial charge is 0.390 e. The van der Waals surface area contributed by atoms with E-state index in [0.717, 1.165) is 14.1 Å². The number of halogens is 1. The molecule has 0 N–H and O–H groups in total. The Morgan fingerprint density at radius 3 is 3.00 bits per heavy atom. The molecule has 0 radical (unpaired) electrons. The summed E-state index contributed by atoms with van der Waals surface area (Å²) in [5, 5.41) is 5.87. The van der Waals surface area contributed by atoms with E-state index in [-0.39, 0.29) is 0 Å². The van der Waals surface area contributed by atoms with Crippen molar-refractivity contribution >= 4 is 40.5 Å². The first-order chi connectivity index (χ1) is 7.34. The fourth-order valence-corrected chi connectivity index (χ4v) is 2.55. The first kappa shape index (κ1) is 10.7. The van der Waals surface area contributed by atoms with Crippen LogP contribution in [0, 0.1) is 0 Å². The first-order valence-corrected chi connectivity index (χ1v) is 6.35. The van der Waals surface area contributed by atoms with Crippen LogP contribution in [0.25, 0.3) is 0 Å². The van der Waals surface area contributed by atoms with E-state index in [1.165, 1.54) is 11.3 Å². The molecule has 0 aliphatic heterocycles. The van der Waals surface area contributed by atoms with Gasteiger partial charge in [-0.15, -0.1) is 22.7 Å². The second kappa shape index (κ2) is 5.30. The summed E-state index contributed by atoms with van der Waals surface area (Å²) in [7, 11) is 0. The van der Waals surface area contributed by atoms with Crippen molar-refractivity contribution in [2.75, 3.05) is 0 Å². The zero-order valence-corrected chi connectivity index (χ0v) is 10.1. The van der Waals surface area contributed by atoms with Crippen LogP contribution in [0.4, 0.5) is 0 Å². The van der Waals surface area contributed by atoms with Crippen LogP contribution in [0.2, 0.25) is 4.34 Å². The summed E-state index contributed by atoms with van der Waals surface area (Å²) in [6, 6.07) is 7.76. The van der Waals surface area contributed by atoms with E-state index in [0.29, 0.717) is 6.61 Å². The van der Waals surface area contributed by atoms with Gasteiger partial charge in [-0.1, -0.05) is 22.8 Å². The second-order valence-electron chi connectivity index (χ2n) is 2.73. The van der Waals surface area contributed by atoms with Crippen LogP contribution in [0.5, 0.6) is 0 Å². The topological polar surface area (TPSA) is 21.6 Å². The number of nitrogens with zero attached hydrogens (tertiary/aromatic N) is 1. The van der Waals surface area contributed by atoms with Gasteiger partial charge in [-0.3, -0.25) is 0 Å². The van der Waals surface area contributed by atoms with Gasteiger partial charge in [0.05, 0.1) is 10.6 Å². The Kier molecular flexibility index (Phi) is 3.77. The molecule has 2 rings (SSSR count). The molecule has 0 saturated carbocycles. The number of hydrogen-bond donors (Lipinski definition) is 0. The van der Waals surface area contributed by atoms with Crippen LogP contribution in [-0.4, -0.2) is 6.21 Å². The molecule has 15 heavy (non-hydrogen) atoms. The molecule has 0 bridgehead atoms. The van der Waals surface area contributed by atoms with Gasteiger partial charge in [-0.25, -0.2) is 0 Å². The van der Waals surface area contributed by atoms with Gasteiger partial charge in [0.2, 0.25) is 0 Å². The molecule has 0 spiro atoms. The molecule has 0 fully saturated rings. The highest BCUT2D eigenvalue weighted by molar-refractivity contribution is 7.16. The van der Waals surface area contributed by atoms with Crippen molar-refractivity contribution in [2.24, 2.45) is 5.16 Å². The lowest BCUT2D eigenvalue weighted by Gasteiger charge is -1.93. The minimum atomic E-state index is 0.471. The standard InChI is InChI=1S/C10H8ClNOS2/c11-10-4-3-9(15-10)7-13-12-6-8-2-1-5-14-8/h1-6H,7H2/b12-6+. The van der Waals surface area contributed by atoms with Crippen LogP contribution < -0.4 is 0 Å². The van der Waals surface area contributed by atoms with Gasteiger partial charge in [-0.05, 0) is 23.6 Å². The van der Waals surface area contributed by atoms with Crippen molar-refractivity contribution in [3.63, 3.8) is 0 Å². The fraction of sp³-hybridized carbons (Fsp3) is 0.100. The average Bonchev–Trinajstić information content (AvgIpc) is 2.84. The highest BCUT2D eigenvalue weighted by Crippen LogP contribution is 2.21. The molecular weight excluding hydrogens is 250 g/mol. The Labute approximate surface area is 101 Å². The molecular formula is C10H8ClNOS2. The van der Waals surface area contributed by atoms with Crippen LogP contribution >= 0.6 is 34.3 Å². The summed E-state index contributed by atoms with van der Waals surface area (Å²) in [5.41, 5.74) is 0. The first-order valence-electron chi connectivity index (χ1n) is 4.27. The highest BCUT2D eigenvalue weighted by atomic mass is 35.5. The molecule has 2 nitrogen and oxygen atoms in total. The number of oxime groups is 1. The molecule has 0 saturated heterocycles. The van der Waals surface area contributed by atoms with Crippen molar-refractivity contribution in [3.05, 3.63) is 43.7 Å². The molecule has 2 aromatic rings. The van der Waals surface area contributed by atoms with Crippen molar-refractivity contribution in [1.29, 1.82) is 0 Å². The quantitative estimate of drug-likeness (QED) is 0.599. The Morgan fingerprint density at radius 2 is 2.33 bits per heavy atom. The van der Waals surface area contributed by atoms with Crippen molar-refractivity contribution in [1.82, 2.24) is 0 Å². The maximum Gasteiger partial charge on any atom is 0.151 e. The molecule has 78 valence electrons. The van der Waals surface area contributed by atoms with E-state index < -0.39 is 0 Å². The summed E-state index contributed by atoms with van der Waals surface area (Å²) in [5.74, 6) is 0. The smallest absolute Gasteiger partial charge is 0.151 e. The van der Waals surface area contributed by atoms with E-state index in [4.69, 9.17) is 16.4 Å². The van der Waals surface area contributed by atoms with Gasteiger partial charge < -0.3 is 4.84 Å². The van der Waals surface area contributed by atoms with E-state index in [1.54, 1.807) is 17.6 Å². The Morgan fingerprint density at radius 1 is 1.40 bits per heavy atom. The maximum absolute atomic E-state index is 5.78. The molecule has 0 aromatic carbocycles. The van der Waals surface area contributed by atoms with E-state index in [2.05, 4.69) is 5.16 Å². The predicted octanol–water partition coefficient (Wildman–Crippen LogP) is 4.01. The summed E-state index contributed by atoms with van der Waals surface area (Å²) >= 11 is 8.91. The third kappa shape index (κ3) is 3.34. The van der Waals surface area contributed by atoms with Crippen molar-refractivity contribution in [2.45, 2.75) is 6.61 Å². The minimum Gasteiger partial charge on any atom is -0.390 e. The van der Waals surface area contributed by atoms with Gasteiger partial charge in [0.25, 0.3) is 0 Å². The molecule has 0 unspecified atom stereocenters. The highest BCUT2D eigenvalue weighted by Gasteiger charge is 1.96. The lowest BCUT2D eigenvalue weighted by molar-refractivity contribution is 0.134. The fourth-order valence-electron chi connectivity index (χ4n) is 0.984. The Bertz CT molecular complexity index is 436. The number of rotatable bonds is 4. The van der Waals surface area contributed by atoms with Crippen LogP contribution in [-0.2, 0) is 11.4 Å². The maximum atomic E-state index is 5.78. The van der Waals surface area contributed by atoms with Crippen LogP contribution in [0.1, 0.15) is 9.75 Å². The van der Waals surface area contributed by atoms with Crippen molar-refractivity contribution in [3.8, 4) is 0 Å². The Hall–Kier alpha value is -0.840. The van der Waals surface area contributed by atoms with Gasteiger partial charge in [-0.2, -0.15) is 0 Å². The normalized spacial score (nSPS) is 11.0. The zero-order chi connectivity index (χ0) is 10.5. The van der Waals surface area contributed by atoms with E-state index in [9.17, 15) is 0 Å². The van der Waals surface area contributed by atoms with E-state index in [1.807, 2.05) is 29.6 Å². The van der Waals surface area contributed by atoms with Gasteiger partial charge in [0.1, 0.15) is 0 Å². The summed E-state index contributed by atoms with van der Waals surface area (Å²) in [4.78, 5) is 7.29. The van der Waals surface area contributed by atoms with Gasteiger partial charge >= 0.3 is 0 Å². The SMILES string of the molecule is Clc1ccc(CO/N=C/c2cccs2)s1. The third-order valence-electron chi connectivity index (χ3n) is 1.63. The third-order valence-corrected chi connectivity index (χ3v) is 3.64. The second-order valence-corrected chi connectivity index (χ2v) is 5.51. The molecule has 2 heterocycles. The monoisotopic (exact) mass is 257 g/mol. The van der Waals surface area contributed by atoms with E-state index >= 15 is 0 Å². The lowest BCUT2D eigenvalue weighted by Crippen LogP contribution is -1.82. The predicted molar refractivity (Wildman–Crippen MR) is 66.0 cm³/mol.